The Bertz CT molecular complexity index is 736. The molecule has 4 heteroatoms. The maximum Gasteiger partial charge on any atom is 0.128 e. The zero-order valence-corrected chi connectivity index (χ0v) is 30.9. The fourth-order valence-electron chi connectivity index (χ4n) is 6.39. The molecule has 0 saturated heterocycles. The Hall–Kier alpha value is -1.26. The van der Waals surface area contributed by atoms with Gasteiger partial charge in [0.2, 0.25) is 0 Å². The van der Waals surface area contributed by atoms with E-state index in [1.807, 2.05) is 18.2 Å². The van der Waals surface area contributed by atoms with Gasteiger partial charge in [0.25, 0.3) is 0 Å². The number of rotatable bonds is 37. The number of aliphatic hydroxyl groups is 1. The maximum atomic E-state index is 9.48. The molecular weight excluding hydrogens is 568 g/mol. The van der Waals surface area contributed by atoms with Crippen LogP contribution in [0.3, 0.4) is 0 Å². The van der Waals surface area contributed by atoms with Crippen LogP contribution in [0.4, 0.5) is 0 Å². The molecule has 0 aromatic heterocycles. The summed E-state index contributed by atoms with van der Waals surface area (Å²) in [5, 5.41) is 9.48. The van der Waals surface area contributed by atoms with E-state index in [9.17, 15) is 5.11 Å². The van der Waals surface area contributed by atoms with Gasteiger partial charge < -0.3 is 19.3 Å². The molecule has 0 radical (unpaired) electrons. The van der Waals surface area contributed by atoms with E-state index in [0.29, 0.717) is 6.61 Å². The number of benzene rings is 1. The Morgan fingerprint density at radius 2 is 0.804 bits per heavy atom. The first kappa shape index (κ1) is 42.8. The van der Waals surface area contributed by atoms with E-state index >= 15 is 0 Å². The van der Waals surface area contributed by atoms with Crippen molar-refractivity contribution in [2.45, 2.75) is 206 Å². The number of unbranched alkanes of at least 4 members (excludes halogenated alkanes) is 28. The van der Waals surface area contributed by atoms with Crippen molar-refractivity contribution in [1.29, 1.82) is 0 Å². The molecule has 46 heavy (non-hydrogen) atoms. The lowest BCUT2D eigenvalue weighted by Crippen LogP contribution is -2.01. The van der Waals surface area contributed by atoms with Crippen molar-refractivity contribution in [2.24, 2.45) is 0 Å². The Morgan fingerprint density at radius 1 is 0.457 bits per heavy atom. The van der Waals surface area contributed by atoms with Crippen molar-refractivity contribution in [3.63, 3.8) is 0 Å². The largest absolute Gasteiger partial charge is 0.497 e. The van der Waals surface area contributed by atoms with Crippen molar-refractivity contribution in [2.75, 3.05) is 26.9 Å². The molecule has 0 heterocycles. The predicted molar refractivity (Wildman–Crippen MR) is 199 cm³/mol. The van der Waals surface area contributed by atoms with Gasteiger partial charge in [0.1, 0.15) is 11.5 Å². The predicted octanol–water partition coefficient (Wildman–Crippen LogP) is 13.3. The Kier molecular flexibility index (Phi) is 32.6. The second-order valence-corrected chi connectivity index (χ2v) is 13.8. The van der Waals surface area contributed by atoms with E-state index in [1.165, 1.54) is 186 Å². The lowest BCUT2D eigenvalue weighted by atomic mass is 10.0. The minimum atomic E-state index is -0.00792. The molecule has 0 saturated carbocycles. The molecule has 0 bridgehead atoms. The van der Waals surface area contributed by atoms with Gasteiger partial charge in [-0.25, -0.2) is 0 Å². The second-order valence-electron chi connectivity index (χ2n) is 13.8. The van der Waals surface area contributed by atoms with Crippen LogP contribution in [0.1, 0.15) is 205 Å². The Balaban J connectivity index is 1.68. The first-order valence-electron chi connectivity index (χ1n) is 20.3. The SMILES string of the molecule is CCCCCCCCCCCCCCCCCCCCCCOCCCCCCCCCCCCOc1cc(OC)ccc1CO. The van der Waals surface area contributed by atoms with Gasteiger partial charge in [0, 0.05) is 24.8 Å². The van der Waals surface area contributed by atoms with Crippen molar-refractivity contribution < 1.29 is 19.3 Å². The molecule has 270 valence electrons. The van der Waals surface area contributed by atoms with Crippen LogP contribution in [0, 0.1) is 0 Å². The van der Waals surface area contributed by atoms with Crippen molar-refractivity contribution in [1.82, 2.24) is 0 Å². The summed E-state index contributed by atoms with van der Waals surface area (Å²) in [5.41, 5.74) is 0.818. The van der Waals surface area contributed by atoms with E-state index < -0.39 is 0 Å². The van der Waals surface area contributed by atoms with Crippen LogP contribution in [0.25, 0.3) is 0 Å². The van der Waals surface area contributed by atoms with E-state index in [4.69, 9.17) is 14.2 Å². The summed E-state index contributed by atoms with van der Waals surface area (Å²) in [6.07, 6.45) is 41.5. The van der Waals surface area contributed by atoms with Gasteiger partial charge in [0.15, 0.2) is 0 Å². The summed E-state index contributed by atoms with van der Waals surface area (Å²) in [6, 6.07) is 5.59. The molecular formula is C42H78O4. The number of ether oxygens (including phenoxy) is 3. The zero-order chi connectivity index (χ0) is 33.0. The normalized spacial score (nSPS) is 11.4. The highest BCUT2D eigenvalue weighted by Gasteiger charge is 2.05. The average molecular weight is 647 g/mol. The lowest BCUT2D eigenvalue weighted by Gasteiger charge is -2.11. The van der Waals surface area contributed by atoms with Gasteiger partial charge in [-0.2, -0.15) is 0 Å². The zero-order valence-electron chi connectivity index (χ0n) is 30.9. The summed E-state index contributed by atoms with van der Waals surface area (Å²) in [7, 11) is 1.65. The third kappa shape index (κ3) is 27.8. The average Bonchev–Trinajstić information content (AvgIpc) is 3.08. The van der Waals surface area contributed by atoms with E-state index in [2.05, 4.69) is 6.92 Å². The van der Waals surface area contributed by atoms with Crippen molar-refractivity contribution in [3.05, 3.63) is 23.8 Å². The molecule has 0 fully saturated rings. The van der Waals surface area contributed by atoms with Crippen LogP contribution in [0.2, 0.25) is 0 Å². The minimum absolute atomic E-state index is 0.00792. The first-order valence-corrected chi connectivity index (χ1v) is 20.3. The molecule has 0 amide bonds. The Morgan fingerprint density at radius 3 is 1.15 bits per heavy atom. The summed E-state index contributed by atoms with van der Waals surface area (Å²) < 4.78 is 17.0. The van der Waals surface area contributed by atoms with Crippen LogP contribution >= 0.6 is 0 Å². The third-order valence-corrected chi connectivity index (χ3v) is 9.53. The van der Waals surface area contributed by atoms with E-state index in [0.717, 1.165) is 36.7 Å². The number of methoxy groups -OCH3 is 1. The topological polar surface area (TPSA) is 47.9 Å². The van der Waals surface area contributed by atoms with E-state index in [1.54, 1.807) is 7.11 Å². The molecule has 1 N–H and O–H groups in total. The maximum absolute atomic E-state index is 9.48. The highest BCUT2D eigenvalue weighted by Crippen LogP contribution is 2.25. The van der Waals surface area contributed by atoms with Crippen LogP contribution in [0.5, 0.6) is 11.5 Å². The van der Waals surface area contributed by atoms with Gasteiger partial charge in [-0.15, -0.1) is 0 Å². The molecule has 0 aliphatic heterocycles. The third-order valence-electron chi connectivity index (χ3n) is 9.53. The number of hydrogen-bond donors (Lipinski definition) is 1. The van der Waals surface area contributed by atoms with Gasteiger partial charge >= 0.3 is 0 Å². The molecule has 1 aromatic rings. The van der Waals surface area contributed by atoms with E-state index in [-0.39, 0.29) is 6.61 Å². The number of hydrogen-bond acceptors (Lipinski definition) is 4. The summed E-state index contributed by atoms with van der Waals surface area (Å²) in [4.78, 5) is 0. The smallest absolute Gasteiger partial charge is 0.128 e. The van der Waals surface area contributed by atoms with Crippen LogP contribution in [-0.4, -0.2) is 32.0 Å². The monoisotopic (exact) mass is 647 g/mol. The quantitative estimate of drug-likeness (QED) is 0.0731. The van der Waals surface area contributed by atoms with Gasteiger partial charge in [-0.3, -0.25) is 0 Å². The summed E-state index contributed by atoms with van der Waals surface area (Å²) in [6.45, 7) is 4.91. The van der Waals surface area contributed by atoms with Crippen LogP contribution in [0.15, 0.2) is 18.2 Å². The first-order chi connectivity index (χ1) is 22.8. The molecule has 0 aliphatic carbocycles. The van der Waals surface area contributed by atoms with Gasteiger partial charge in [-0.1, -0.05) is 180 Å². The molecule has 0 unspecified atom stereocenters. The Labute approximate surface area is 287 Å². The van der Waals surface area contributed by atoms with Crippen LogP contribution < -0.4 is 9.47 Å². The van der Waals surface area contributed by atoms with Gasteiger partial charge in [0.05, 0.1) is 20.3 Å². The molecule has 1 rings (SSSR count). The molecule has 4 nitrogen and oxygen atoms in total. The minimum Gasteiger partial charge on any atom is -0.497 e. The molecule has 0 aliphatic rings. The number of aliphatic hydroxyl groups excluding tert-OH is 1. The second kappa shape index (κ2) is 35.1. The standard InChI is InChI=1S/C42H78O4/c1-3-4-5-6-7-8-9-10-11-12-13-14-15-16-17-18-21-24-27-30-35-45-36-31-28-25-22-19-20-23-26-29-32-37-46-42-38-41(44-2)34-33-40(42)39-43/h33-34,38,43H,3-32,35-37,39H2,1-2H3. The van der Waals surface area contributed by atoms with Crippen molar-refractivity contribution in [3.8, 4) is 11.5 Å². The molecule has 0 atom stereocenters. The fourth-order valence-corrected chi connectivity index (χ4v) is 6.39. The van der Waals surface area contributed by atoms with Crippen LogP contribution in [-0.2, 0) is 11.3 Å². The highest BCUT2D eigenvalue weighted by molar-refractivity contribution is 5.40. The molecule has 0 spiro atoms. The van der Waals surface area contributed by atoms with Crippen molar-refractivity contribution >= 4 is 0 Å². The molecule has 1 aromatic carbocycles. The summed E-state index contributed by atoms with van der Waals surface area (Å²) >= 11 is 0. The lowest BCUT2D eigenvalue weighted by molar-refractivity contribution is 0.125. The summed E-state index contributed by atoms with van der Waals surface area (Å²) in [5.74, 6) is 1.50. The fraction of sp³-hybridized carbons (Fsp3) is 0.857. The van der Waals surface area contributed by atoms with Gasteiger partial charge in [-0.05, 0) is 31.4 Å². The highest BCUT2D eigenvalue weighted by atomic mass is 16.5.